The second-order valence-electron chi connectivity index (χ2n) is 4.35. The fourth-order valence-corrected chi connectivity index (χ4v) is 2.53. The zero-order chi connectivity index (χ0) is 14.7. The molecule has 2 heterocycles. The number of benzene rings is 1. The molecule has 0 saturated heterocycles. The second-order valence-corrected chi connectivity index (χ2v) is 5.13. The van der Waals surface area contributed by atoms with E-state index in [0.29, 0.717) is 18.2 Å². The molecule has 4 nitrogen and oxygen atoms in total. The van der Waals surface area contributed by atoms with Gasteiger partial charge in [-0.15, -0.1) is 0 Å². The first kappa shape index (κ1) is 13.6. The Morgan fingerprint density at radius 1 is 1.29 bits per heavy atom. The molecule has 106 valence electrons. The van der Waals surface area contributed by atoms with E-state index >= 15 is 0 Å². The number of thiophene rings is 1. The molecule has 3 rings (SSSR count). The van der Waals surface area contributed by atoms with Crippen LogP contribution >= 0.6 is 11.3 Å². The largest absolute Gasteiger partial charge is 0.494 e. The Kier molecular flexibility index (Phi) is 3.83. The maximum absolute atomic E-state index is 11.8. The molecule has 1 aromatic heterocycles. The van der Waals surface area contributed by atoms with E-state index in [2.05, 4.69) is 4.99 Å². The fraction of sp³-hybridized carbons (Fsp3) is 0.125. The van der Waals surface area contributed by atoms with Crippen molar-refractivity contribution in [1.82, 2.24) is 0 Å². The van der Waals surface area contributed by atoms with Crippen LogP contribution in [0.2, 0.25) is 0 Å². The summed E-state index contributed by atoms with van der Waals surface area (Å²) < 4.78 is 10.6. The molecule has 0 bridgehead atoms. The Balaban J connectivity index is 1.84. The summed E-state index contributed by atoms with van der Waals surface area (Å²) in [6.07, 6.45) is 1.72. The highest BCUT2D eigenvalue weighted by molar-refractivity contribution is 7.08. The van der Waals surface area contributed by atoms with Crippen LogP contribution in [0.25, 0.3) is 6.08 Å². The van der Waals surface area contributed by atoms with Crippen LogP contribution < -0.4 is 4.74 Å². The molecule has 0 atom stereocenters. The highest BCUT2D eigenvalue weighted by Crippen LogP contribution is 2.21. The van der Waals surface area contributed by atoms with E-state index in [1.807, 2.05) is 48.0 Å². The van der Waals surface area contributed by atoms with Crippen molar-refractivity contribution in [2.24, 2.45) is 4.99 Å². The normalized spacial score (nSPS) is 16.0. The summed E-state index contributed by atoms with van der Waals surface area (Å²) in [5, 5.41) is 3.90. The van der Waals surface area contributed by atoms with Gasteiger partial charge in [0.2, 0.25) is 5.90 Å². The zero-order valence-electron chi connectivity index (χ0n) is 11.4. The fourth-order valence-electron chi connectivity index (χ4n) is 1.91. The van der Waals surface area contributed by atoms with Gasteiger partial charge in [0.25, 0.3) is 0 Å². The number of aliphatic imine (C=N–C) groups is 1. The van der Waals surface area contributed by atoms with Crippen LogP contribution in [0.15, 0.2) is 51.8 Å². The van der Waals surface area contributed by atoms with Crippen molar-refractivity contribution < 1.29 is 14.3 Å². The summed E-state index contributed by atoms with van der Waals surface area (Å²) in [5.74, 6) is 0.676. The molecule has 21 heavy (non-hydrogen) atoms. The molecule has 1 aliphatic heterocycles. The van der Waals surface area contributed by atoms with Crippen molar-refractivity contribution >= 4 is 29.3 Å². The smallest absolute Gasteiger partial charge is 0.363 e. The molecule has 0 fully saturated rings. The van der Waals surface area contributed by atoms with Gasteiger partial charge in [-0.05, 0) is 59.7 Å². The predicted molar refractivity (Wildman–Crippen MR) is 82.5 cm³/mol. The number of hydrogen-bond acceptors (Lipinski definition) is 5. The molecule has 0 radical (unpaired) electrons. The van der Waals surface area contributed by atoms with Crippen LogP contribution in [0.5, 0.6) is 5.75 Å². The van der Waals surface area contributed by atoms with Gasteiger partial charge in [0.15, 0.2) is 5.70 Å². The van der Waals surface area contributed by atoms with Gasteiger partial charge in [-0.2, -0.15) is 11.3 Å². The lowest BCUT2D eigenvalue weighted by atomic mass is 10.2. The quantitative estimate of drug-likeness (QED) is 0.641. The van der Waals surface area contributed by atoms with Crippen LogP contribution in [0, 0.1) is 0 Å². The minimum Gasteiger partial charge on any atom is -0.494 e. The summed E-state index contributed by atoms with van der Waals surface area (Å²) in [5.41, 5.74) is 2.02. The van der Waals surface area contributed by atoms with Crippen molar-refractivity contribution in [2.75, 3.05) is 6.61 Å². The number of rotatable bonds is 4. The molecule has 2 aromatic rings. The summed E-state index contributed by atoms with van der Waals surface area (Å²) in [4.78, 5) is 16.1. The maximum atomic E-state index is 11.8. The zero-order valence-corrected chi connectivity index (χ0v) is 12.2. The first-order valence-corrected chi connectivity index (χ1v) is 7.48. The lowest BCUT2D eigenvalue weighted by Gasteiger charge is -2.03. The lowest BCUT2D eigenvalue weighted by Crippen LogP contribution is -2.05. The number of nitrogens with zero attached hydrogens (tertiary/aromatic N) is 1. The number of hydrogen-bond donors (Lipinski definition) is 0. The van der Waals surface area contributed by atoms with E-state index in [4.69, 9.17) is 9.47 Å². The van der Waals surface area contributed by atoms with E-state index in [0.717, 1.165) is 16.9 Å². The summed E-state index contributed by atoms with van der Waals surface area (Å²) >= 11 is 1.57. The van der Waals surface area contributed by atoms with Crippen LogP contribution in [0.4, 0.5) is 0 Å². The van der Waals surface area contributed by atoms with Gasteiger partial charge in [0, 0.05) is 5.56 Å². The van der Waals surface area contributed by atoms with E-state index in [1.165, 1.54) is 0 Å². The third-order valence-electron chi connectivity index (χ3n) is 2.88. The van der Waals surface area contributed by atoms with Gasteiger partial charge in [0.05, 0.1) is 6.61 Å². The Morgan fingerprint density at radius 3 is 2.76 bits per heavy atom. The minimum atomic E-state index is -0.426. The van der Waals surface area contributed by atoms with E-state index in [1.54, 1.807) is 17.4 Å². The predicted octanol–water partition coefficient (Wildman–Crippen LogP) is 3.49. The third-order valence-corrected chi connectivity index (χ3v) is 3.58. The van der Waals surface area contributed by atoms with Gasteiger partial charge in [-0.3, -0.25) is 0 Å². The summed E-state index contributed by atoms with van der Waals surface area (Å²) in [6, 6.07) is 9.23. The van der Waals surface area contributed by atoms with Crippen LogP contribution in [-0.4, -0.2) is 18.5 Å². The van der Waals surface area contributed by atoms with E-state index in [-0.39, 0.29) is 0 Å². The molecule has 0 unspecified atom stereocenters. The monoisotopic (exact) mass is 299 g/mol. The first-order valence-electron chi connectivity index (χ1n) is 6.54. The van der Waals surface area contributed by atoms with Gasteiger partial charge >= 0.3 is 5.97 Å². The van der Waals surface area contributed by atoms with Gasteiger partial charge < -0.3 is 9.47 Å². The molecule has 0 aliphatic carbocycles. The molecule has 1 aliphatic rings. The molecule has 0 saturated carbocycles. The number of ether oxygens (including phenoxy) is 2. The second kappa shape index (κ2) is 5.93. The molecule has 5 heteroatoms. The first-order chi connectivity index (χ1) is 10.3. The molecule has 0 amide bonds. The van der Waals surface area contributed by atoms with Crippen molar-refractivity contribution in [3.05, 3.63) is 57.9 Å². The molecular formula is C16H13NO3S. The average Bonchev–Trinajstić information content (AvgIpc) is 3.11. The Hall–Kier alpha value is -2.40. The van der Waals surface area contributed by atoms with Crippen molar-refractivity contribution in [1.29, 1.82) is 0 Å². The van der Waals surface area contributed by atoms with Crippen LogP contribution in [-0.2, 0) is 9.53 Å². The Bertz CT molecular complexity index is 700. The maximum Gasteiger partial charge on any atom is 0.363 e. The molecule has 1 aromatic carbocycles. The highest BCUT2D eigenvalue weighted by atomic mass is 32.1. The Labute approximate surface area is 126 Å². The third kappa shape index (κ3) is 3.03. The molecule has 0 spiro atoms. The van der Waals surface area contributed by atoms with Crippen LogP contribution in [0.3, 0.4) is 0 Å². The standard InChI is InChI=1S/C16H13NO3S/c1-2-19-13-5-3-12(4-6-13)15-17-14(16(18)20-15)9-11-7-8-21-10-11/h3-10H,2H2,1H3. The van der Waals surface area contributed by atoms with Gasteiger partial charge in [-0.1, -0.05) is 0 Å². The van der Waals surface area contributed by atoms with Crippen molar-refractivity contribution in [3.63, 3.8) is 0 Å². The average molecular weight is 299 g/mol. The SMILES string of the molecule is CCOc1ccc(C2=NC(=Cc3ccsc3)C(=O)O2)cc1. The van der Waals surface area contributed by atoms with Gasteiger partial charge in [0.1, 0.15) is 5.75 Å². The molecule has 0 N–H and O–H groups in total. The number of carbonyl (C=O) groups excluding carboxylic acids is 1. The Morgan fingerprint density at radius 2 is 2.10 bits per heavy atom. The summed E-state index contributed by atoms with van der Waals surface area (Å²) in [7, 11) is 0. The molecular weight excluding hydrogens is 286 g/mol. The van der Waals surface area contributed by atoms with Crippen molar-refractivity contribution in [3.8, 4) is 5.75 Å². The number of cyclic esters (lactones) is 1. The van der Waals surface area contributed by atoms with E-state index < -0.39 is 5.97 Å². The lowest BCUT2D eigenvalue weighted by molar-refractivity contribution is -0.129. The highest BCUT2D eigenvalue weighted by Gasteiger charge is 2.24. The van der Waals surface area contributed by atoms with Gasteiger partial charge in [-0.25, -0.2) is 9.79 Å². The van der Waals surface area contributed by atoms with Crippen LogP contribution in [0.1, 0.15) is 18.1 Å². The van der Waals surface area contributed by atoms with Crippen molar-refractivity contribution in [2.45, 2.75) is 6.92 Å². The number of esters is 1. The topological polar surface area (TPSA) is 47.9 Å². The van der Waals surface area contributed by atoms with E-state index in [9.17, 15) is 4.79 Å². The summed E-state index contributed by atoms with van der Waals surface area (Å²) in [6.45, 7) is 2.54. The number of carbonyl (C=O) groups is 1. The minimum absolute atomic E-state index is 0.317.